The number of nitrogens with one attached hydrogen (secondary N) is 2. The van der Waals surface area contributed by atoms with Gasteiger partial charge in [-0.3, -0.25) is 9.79 Å². The van der Waals surface area contributed by atoms with Crippen molar-refractivity contribution < 1.29 is 18.3 Å². The van der Waals surface area contributed by atoms with Crippen LogP contribution in [-0.2, 0) is 11.3 Å². The maximum Gasteiger partial charge on any atom is 0.387 e. The van der Waals surface area contributed by atoms with Crippen LogP contribution in [0.15, 0.2) is 23.2 Å². The van der Waals surface area contributed by atoms with Gasteiger partial charge in [-0.1, -0.05) is 24.6 Å². The summed E-state index contributed by atoms with van der Waals surface area (Å²) in [5.74, 6) is 1.34. The van der Waals surface area contributed by atoms with E-state index in [0.717, 1.165) is 25.1 Å². The van der Waals surface area contributed by atoms with Gasteiger partial charge in [0.25, 0.3) is 0 Å². The molecule has 1 saturated heterocycles. The molecule has 9 heteroatoms. The Bertz CT molecular complexity index is 688. The van der Waals surface area contributed by atoms with Crippen molar-refractivity contribution in [2.24, 2.45) is 10.9 Å². The zero-order chi connectivity index (χ0) is 20.5. The van der Waals surface area contributed by atoms with Gasteiger partial charge in [0, 0.05) is 45.2 Å². The van der Waals surface area contributed by atoms with E-state index in [0.29, 0.717) is 30.4 Å². The van der Waals surface area contributed by atoms with Crippen LogP contribution in [0.2, 0.25) is 0 Å². The van der Waals surface area contributed by atoms with E-state index >= 15 is 0 Å². The molecular formula is C20H31F2IN4O2. The number of hydrogen-bond donors (Lipinski definition) is 2. The number of carbonyl (C=O) groups excluding carboxylic acids is 1. The van der Waals surface area contributed by atoms with Crippen molar-refractivity contribution in [2.75, 3.05) is 26.7 Å². The molecule has 1 aliphatic rings. The Hall–Kier alpha value is -1.65. The third-order valence-corrected chi connectivity index (χ3v) is 4.74. The number of aliphatic imine (C=N–C) groups is 1. The largest absolute Gasteiger partial charge is 0.434 e. The van der Waals surface area contributed by atoms with Crippen molar-refractivity contribution in [1.82, 2.24) is 15.5 Å². The standard InChI is InChI=1S/C20H30F2N4O2.HI/c1-14-6-7-17(28-19(21)22)16(11-14)12-25-20(23-3)24-9-8-18(27)26-10-4-5-15(2)13-26;/h6-7,11,15,19H,4-5,8-10,12-13H2,1-3H3,(H2,23,24,25);1H. The summed E-state index contributed by atoms with van der Waals surface area (Å²) in [7, 11) is 1.62. The first-order valence-corrected chi connectivity index (χ1v) is 9.65. The van der Waals surface area contributed by atoms with Crippen molar-refractivity contribution in [3.63, 3.8) is 0 Å². The summed E-state index contributed by atoms with van der Waals surface area (Å²) in [6, 6.07) is 5.05. The van der Waals surface area contributed by atoms with E-state index in [4.69, 9.17) is 0 Å². The molecule has 1 aromatic carbocycles. The van der Waals surface area contributed by atoms with Crippen molar-refractivity contribution in [3.8, 4) is 5.75 Å². The Balaban J connectivity index is 0.00000420. The molecule has 1 atom stereocenters. The van der Waals surface area contributed by atoms with E-state index in [2.05, 4.69) is 27.3 Å². The zero-order valence-electron chi connectivity index (χ0n) is 17.2. The molecule has 1 unspecified atom stereocenters. The van der Waals surface area contributed by atoms with Crippen molar-refractivity contribution in [1.29, 1.82) is 0 Å². The lowest BCUT2D eigenvalue weighted by Crippen LogP contribution is -2.42. The topological polar surface area (TPSA) is 66.0 Å². The summed E-state index contributed by atoms with van der Waals surface area (Å²) in [6.45, 7) is 3.57. The number of hydrogen-bond acceptors (Lipinski definition) is 3. The van der Waals surface area contributed by atoms with E-state index in [1.54, 1.807) is 19.2 Å². The SMILES string of the molecule is CN=C(NCCC(=O)N1CCCC(C)C1)NCc1cc(C)ccc1OC(F)F.I. The van der Waals surface area contributed by atoms with Crippen LogP contribution in [0, 0.1) is 12.8 Å². The van der Waals surface area contributed by atoms with Gasteiger partial charge in [0.1, 0.15) is 5.75 Å². The fraction of sp³-hybridized carbons (Fsp3) is 0.600. The van der Waals surface area contributed by atoms with Gasteiger partial charge in [0.05, 0.1) is 0 Å². The van der Waals surface area contributed by atoms with Gasteiger partial charge in [0.15, 0.2) is 5.96 Å². The number of piperidine rings is 1. The predicted octanol–water partition coefficient (Wildman–Crippen LogP) is 3.53. The summed E-state index contributed by atoms with van der Waals surface area (Å²) < 4.78 is 29.7. The number of nitrogens with zero attached hydrogens (tertiary/aromatic N) is 2. The van der Waals surface area contributed by atoms with E-state index < -0.39 is 6.61 Å². The number of aryl methyl sites for hydroxylation is 1. The highest BCUT2D eigenvalue weighted by Crippen LogP contribution is 2.22. The molecule has 29 heavy (non-hydrogen) atoms. The van der Waals surface area contributed by atoms with Crippen LogP contribution in [0.25, 0.3) is 0 Å². The summed E-state index contributed by atoms with van der Waals surface area (Å²) in [4.78, 5) is 18.4. The number of likely N-dealkylation sites (tertiary alicyclic amines) is 1. The molecule has 0 aromatic heterocycles. The number of halogens is 3. The number of amides is 1. The van der Waals surface area contributed by atoms with Crippen molar-refractivity contribution >= 4 is 35.8 Å². The lowest BCUT2D eigenvalue weighted by molar-refractivity contribution is -0.132. The van der Waals surface area contributed by atoms with Gasteiger partial charge in [-0.25, -0.2) is 0 Å². The number of rotatable bonds is 7. The van der Waals surface area contributed by atoms with Gasteiger partial charge >= 0.3 is 6.61 Å². The lowest BCUT2D eigenvalue weighted by Gasteiger charge is -2.31. The van der Waals surface area contributed by atoms with Gasteiger partial charge in [-0.2, -0.15) is 8.78 Å². The fourth-order valence-corrected chi connectivity index (χ4v) is 3.32. The molecular weight excluding hydrogens is 493 g/mol. The lowest BCUT2D eigenvalue weighted by atomic mass is 10.00. The molecule has 1 amide bonds. The molecule has 2 rings (SSSR count). The molecule has 0 bridgehead atoms. The second-order valence-electron chi connectivity index (χ2n) is 7.18. The molecule has 1 aliphatic heterocycles. The Morgan fingerprint density at radius 1 is 1.38 bits per heavy atom. The van der Waals surface area contributed by atoms with E-state index in [9.17, 15) is 13.6 Å². The van der Waals surface area contributed by atoms with Gasteiger partial charge in [-0.05, 0) is 31.7 Å². The Morgan fingerprint density at radius 2 is 2.14 bits per heavy atom. The van der Waals surface area contributed by atoms with Crippen molar-refractivity contribution in [2.45, 2.75) is 46.3 Å². The van der Waals surface area contributed by atoms with Gasteiger partial charge < -0.3 is 20.3 Å². The van der Waals surface area contributed by atoms with Crippen LogP contribution in [-0.4, -0.2) is 50.1 Å². The smallest absolute Gasteiger partial charge is 0.387 e. The highest BCUT2D eigenvalue weighted by Gasteiger charge is 2.20. The van der Waals surface area contributed by atoms with Crippen LogP contribution in [0.3, 0.4) is 0 Å². The van der Waals surface area contributed by atoms with Crippen LogP contribution >= 0.6 is 24.0 Å². The molecule has 1 aromatic rings. The fourth-order valence-electron chi connectivity index (χ4n) is 3.32. The predicted molar refractivity (Wildman–Crippen MR) is 121 cm³/mol. The van der Waals surface area contributed by atoms with Crippen LogP contribution in [0.1, 0.15) is 37.3 Å². The molecule has 0 spiro atoms. The summed E-state index contributed by atoms with van der Waals surface area (Å²) in [5.41, 5.74) is 1.56. The minimum Gasteiger partial charge on any atom is -0.434 e. The highest BCUT2D eigenvalue weighted by atomic mass is 127. The Morgan fingerprint density at radius 3 is 2.79 bits per heavy atom. The minimum atomic E-state index is -2.87. The molecule has 0 saturated carbocycles. The van der Waals surface area contributed by atoms with Crippen molar-refractivity contribution in [3.05, 3.63) is 29.3 Å². The van der Waals surface area contributed by atoms with Crippen LogP contribution in [0.4, 0.5) is 8.78 Å². The summed E-state index contributed by atoms with van der Waals surface area (Å²) in [5, 5.41) is 6.17. The molecule has 0 aliphatic carbocycles. The number of ether oxygens (including phenoxy) is 1. The second-order valence-corrected chi connectivity index (χ2v) is 7.18. The first-order chi connectivity index (χ1) is 13.4. The average Bonchev–Trinajstić information content (AvgIpc) is 2.65. The number of carbonyl (C=O) groups is 1. The number of alkyl halides is 2. The normalized spacial score (nSPS) is 17.0. The first kappa shape index (κ1) is 25.4. The molecule has 6 nitrogen and oxygen atoms in total. The quantitative estimate of drug-likeness (QED) is 0.326. The van der Waals surface area contributed by atoms with E-state index in [1.807, 2.05) is 11.8 Å². The third-order valence-electron chi connectivity index (χ3n) is 4.74. The maximum absolute atomic E-state index is 12.6. The zero-order valence-corrected chi connectivity index (χ0v) is 19.5. The monoisotopic (exact) mass is 524 g/mol. The minimum absolute atomic E-state index is 0. The van der Waals surface area contributed by atoms with E-state index in [1.165, 1.54) is 12.5 Å². The molecule has 1 heterocycles. The number of benzene rings is 1. The average molecular weight is 524 g/mol. The highest BCUT2D eigenvalue weighted by molar-refractivity contribution is 14.0. The molecule has 0 radical (unpaired) electrons. The second kappa shape index (κ2) is 12.8. The molecule has 2 N–H and O–H groups in total. The van der Waals surface area contributed by atoms with Crippen LogP contribution in [0.5, 0.6) is 5.75 Å². The van der Waals surface area contributed by atoms with Crippen LogP contribution < -0.4 is 15.4 Å². The van der Waals surface area contributed by atoms with E-state index in [-0.39, 0.29) is 42.2 Å². The van der Waals surface area contributed by atoms with Gasteiger partial charge in [0.2, 0.25) is 5.91 Å². The summed E-state index contributed by atoms with van der Waals surface area (Å²) in [6.07, 6.45) is 2.62. The number of guanidine groups is 1. The molecule has 164 valence electrons. The Kier molecular flexibility index (Phi) is 11.2. The molecule has 1 fully saturated rings. The van der Waals surface area contributed by atoms with Gasteiger partial charge in [-0.15, -0.1) is 24.0 Å². The maximum atomic E-state index is 12.6. The first-order valence-electron chi connectivity index (χ1n) is 9.65. The third kappa shape index (κ3) is 8.71. The Labute approximate surface area is 188 Å². The summed E-state index contributed by atoms with van der Waals surface area (Å²) >= 11 is 0.